The van der Waals surface area contributed by atoms with E-state index in [0.29, 0.717) is 6.42 Å². The van der Waals surface area contributed by atoms with Gasteiger partial charge in [-0.1, -0.05) is 0 Å². The lowest BCUT2D eigenvalue weighted by molar-refractivity contribution is -0.164. The molecule has 0 amide bonds. The first kappa shape index (κ1) is 13.6. The minimum atomic E-state index is -0.475. The van der Waals surface area contributed by atoms with Crippen LogP contribution in [0.25, 0.3) is 0 Å². The quantitative estimate of drug-likeness (QED) is 0.569. The van der Waals surface area contributed by atoms with Gasteiger partial charge in [0, 0.05) is 3.57 Å². The SMILES string of the molecule is CC(C)(C)OC(=O)C1CCc2cc(I)ccc2O1. The van der Waals surface area contributed by atoms with Gasteiger partial charge in [0.25, 0.3) is 0 Å². The summed E-state index contributed by atoms with van der Waals surface area (Å²) in [5, 5.41) is 0. The highest BCUT2D eigenvalue weighted by Gasteiger charge is 2.30. The molecule has 0 radical (unpaired) electrons. The fourth-order valence-corrected chi connectivity index (χ4v) is 2.45. The van der Waals surface area contributed by atoms with Gasteiger partial charge in [-0.3, -0.25) is 0 Å². The van der Waals surface area contributed by atoms with Crippen molar-refractivity contribution in [2.45, 2.75) is 45.3 Å². The second-order valence-corrected chi connectivity index (χ2v) is 6.68. The highest BCUT2D eigenvalue weighted by atomic mass is 127. The molecule has 1 atom stereocenters. The van der Waals surface area contributed by atoms with Crippen LogP contribution in [0.4, 0.5) is 0 Å². The molecule has 1 aromatic carbocycles. The number of rotatable bonds is 1. The van der Waals surface area contributed by atoms with Gasteiger partial charge in [0.05, 0.1) is 0 Å². The Morgan fingerprint density at radius 3 is 2.83 bits per heavy atom. The zero-order valence-electron chi connectivity index (χ0n) is 10.8. The molecular formula is C14H17IO3. The average Bonchev–Trinajstić information content (AvgIpc) is 2.26. The zero-order valence-corrected chi connectivity index (χ0v) is 13.0. The van der Waals surface area contributed by atoms with Crippen LogP contribution in [0, 0.1) is 3.57 Å². The van der Waals surface area contributed by atoms with Crippen LogP contribution in [0.2, 0.25) is 0 Å². The summed E-state index contributed by atoms with van der Waals surface area (Å²) in [6.07, 6.45) is 1.06. The van der Waals surface area contributed by atoms with Gasteiger partial charge >= 0.3 is 5.97 Å². The van der Waals surface area contributed by atoms with E-state index in [4.69, 9.17) is 9.47 Å². The topological polar surface area (TPSA) is 35.5 Å². The van der Waals surface area contributed by atoms with E-state index in [0.717, 1.165) is 12.2 Å². The van der Waals surface area contributed by atoms with Crippen molar-refractivity contribution in [1.29, 1.82) is 0 Å². The fourth-order valence-electron chi connectivity index (χ4n) is 1.89. The Hall–Kier alpha value is -0.780. The summed E-state index contributed by atoms with van der Waals surface area (Å²) in [6, 6.07) is 6.01. The molecule has 98 valence electrons. The number of carbonyl (C=O) groups excluding carboxylic acids is 1. The third kappa shape index (κ3) is 3.37. The Morgan fingerprint density at radius 1 is 1.44 bits per heavy atom. The van der Waals surface area contributed by atoms with Crippen LogP contribution in [0.3, 0.4) is 0 Å². The Bertz CT molecular complexity index is 463. The molecule has 1 aromatic rings. The van der Waals surface area contributed by atoms with E-state index >= 15 is 0 Å². The van der Waals surface area contributed by atoms with E-state index in [1.165, 1.54) is 9.13 Å². The van der Waals surface area contributed by atoms with Gasteiger partial charge in [-0.2, -0.15) is 0 Å². The first-order chi connectivity index (χ1) is 8.35. The number of benzene rings is 1. The highest BCUT2D eigenvalue weighted by Crippen LogP contribution is 2.29. The molecule has 0 aliphatic carbocycles. The van der Waals surface area contributed by atoms with Crippen molar-refractivity contribution >= 4 is 28.6 Å². The lowest BCUT2D eigenvalue weighted by Crippen LogP contribution is -2.37. The molecule has 0 N–H and O–H groups in total. The molecule has 1 aliphatic heterocycles. The molecule has 0 aromatic heterocycles. The number of hydrogen-bond acceptors (Lipinski definition) is 3. The summed E-state index contributed by atoms with van der Waals surface area (Å²) in [6.45, 7) is 5.60. The van der Waals surface area contributed by atoms with Crippen LogP contribution in [0.15, 0.2) is 18.2 Å². The van der Waals surface area contributed by atoms with Crippen LogP contribution >= 0.6 is 22.6 Å². The summed E-state index contributed by atoms with van der Waals surface area (Å²) in [5.74, 6) is 0.532. The highest BCUT2D eigenvalue weighted by molar-refractivity contribution is 14.1. The molecular weight excluding hydrogens is 343 g/mol. The van der Waals surface area contributed by atoms with Crippen molar-refractivity contribution in [2.75, 3.05) is 0 Å². The van der Waals surface area contributed by atoms with Crippen LogP contribution in [-0.4, -0.2) is 17.7 Å². The molecule has 0 saturated carbocycles. The van der Waals surface area contributed by atoms with Crippen LogP contribution < -0.4 is 4.74 Å². The predicted octanol–water partition coefficient (Wildman–Crippen LogP) is 3.33. The summed E-state index contributed by atoms with van der Waals surface area (Å²) in [5.41, 5.74) is 0.703. The van der Waals surface area contributed by atoms with Crippen LogP contribution in [0.1, 0.15) is 32.8 Å². The molecule has 1 heterocycles. The van der Waals surface area contributed by atoms with E-state index in [1.807, 2.05) is 32.9 Å². The number of carbonyl (C=O) groups is 1. The molecule has 18 heavy (non-hydrogen) atoms. The summed E-state index contributed by atoms with van der Waals surface area (Å²) in [4.78, 5) is 11.9. The number of hydrogen-bond donors (Lipinski definition) is 0. The standard InChI is InChI=1S/C14H17IO3/c1-14(2,3)18-13(16)12-6-4-9-8-10(15)5-7-11(9)17-12/h5,7-8,12H,4,6H2,1-3H3. The lowest BCUT2D eigenvalue weighted by Gasteiger charge is -2.28. The molecule has 4 heteroatoms. The molecule has 0 bridgehead atoms. The first-order valence-corrected chi connectivity index (χ1v) is 7.11. The van der Waals surface area contributed by atoms with Gasteiger partial charge in [0.15, 0.2) is 6.10 Å². The van der Waals surface area contributed by atoms with E-state index in [-0.39, 0.29) is 5.97 Å². The smallest absolute Gasteiger partial charge is 0.347 e. The summed E-state index contributed by atoms with van der Waals surface area (Å²) < 4.78 is 12.3. The summed E-state index contributed by atoms with van der Waals surface area (Å²) >= 11 is 2.28. The third-order valence-corrected chi connectivity index (χ3v) is 3.31. The third-order valence-electron chi connectivity index (χ3n) is 2.64. The largest absolute Gasteiger partial charge is 0.478 e. The van der Waals surface area contributed by atoms with Crippen molar-refractivity contribution < 1.29 is 14.3 Å². The van der Waals surface area contributed by atoms with E-state index in [1.54, 1.807) is 0 Å². The van der Waals surface area contributed by atoms with Gasteiger partial charge < -0.3 is 9.47 Å². The molecule has 0 spiro atoms. The Labute approximate surface area is 121 Å². The monoisotopic (exact) mass is 360 g/mol. The van der Waals surface area contributed by atoms with Gasteiger partial charge in [-0.25, -0.2) is 4.79 Å². The maximum Gasteiger partial charge on any atom is 0.347 e. The fraction of sp³-hybridized carbons (Fsp3) is 0.500. The predicted molar refractivity (Wildman–Crippen MR) is 77.7 cm³/mol. The molecule has 1 unspecified atom stereocenters. The van der Waals surface area contributed by atoms with Crippen molar-refractivity contribution in [1.82, 2.24) is 0 Å². The minimum absolute atomic E-state index is 0.272. The van der Waals surface area contributed by atoms with Crippen LogP contribution in [-0.2, 0) is 16.0 Å². The first-order valence-electron chi connectivity index (χ1n) is 6.03. The number of halogens is 1. The molecule has 0 saturated heterocycles. The second kappa shape index (κ2) is 5.07. The van der Waals surface area contributed by atoms with E-state index in [9.17, 15) is 4.79 Å². The van der Waals surface area contributed by atoms with Crippen molar-refractivity contribution in [3.8, 4) is 5.75 Å². The number of aryl methyl sites for hydroxylation is 1. The normalized spacial score (nSPS) is 18.8. The van der Waals surface area contributed by atoms with E-state index < -0.39 is 11.7 Å². The Kier molecular flexibility index (Phi) is 3.84. The van der Waals surface area contributed by atoms with Gasteiger partial charge in [-0.15, -0.1) is 0 Å². The maximum atomic E-state index is 11.9. The van der Waals surface area contributed by atoms with Crippen LogP contribution in [0.5, 0.6) is 5.75 Å². The minimum Gasteiger partial charge on any atom is -0.478 e. The van der Waals surface area contributed by atoms with Crippen molar-refractivity contribution in [3.05, 3.63) is 27.3 Å². The number of ether oxygens (including phenoxy) is 2. The van der Waals surface area contributed by atoms with Gasteiger partial charge in [0.2, 0.25) is 0 Å². The molecule has 3 nitrogen and oxygen atoms in total. The van der Waals surface area contributed by atoms with Crippen molar-refractivity contribution in [3.63, 3.8) is 0 Å². The maximum absolute atomic E-state index is 11.9. The van der Waals surface area contributed by atoms with E-state index in [2.05, 4.69) is 28.7 Å². The average molecular weight is 360 g/mol. The number of esters is 1. The summed E-state index contributed by atoms with van der Waals surface area (Å²) in [7, 11) is 0. The number of fused-ring (bicyclic) bond motifs is 1. The molecule has 0 fully saturated rings. The van der Waals surface area contributed by atoms with Crippen molar-refractivity contribution in [2.24, 2.45) is 0 Å². The van der Waals surface area contributed by atoms with Gasteiger partial charge in [-0.05, 0) is 80.0 Å². The Morgan fingerprint density at radius 2 is 2.17 bits per heavy atom. The zero-order chi connectivity index (χ0) is 13.3. The molecule has 2 rings (SSSR count). The molecule has 1 aliphatic rings. The lowest BCUT2D eigenvalue weighted by atomic mass is 10.0. The second-order valence-electron chi connectivity index (χ2n) is 5.43. The Balaban J connectivity index is 2.08. The van der Waals surface area contributed by atoms with Gasteiger partial charge in [0.1, 0.15) is 11.4 Å².